The van der Waals surface area contributed by atoms with Crippen LogP contribution in [0.25, 0.3) is 0 Å². The van der Waals surface area contributed by atoms with Crippen LogP contribution in [0, 0.1) is 0 Å². The van der Waals surface area contributed by atoms with Gasteiger partial charge in [0, 0.05) is 56.4 Å². The lowest BCUT2D eigenvalue weighted by Crippen LogP contribution is -2.31. The molecule has 3 aromatic rings. The van der Waals surface area contributed by atoms with Gasteiger partial charge >= 0.3 is 0 Å². The lowest BCUT2D eigenvalue weighted by Gasteiger charge is -2.33. The Morgan fingerprint density at radius 3 is 1.66 bits per heavy atom. The first-order valence-corrected chi connectivity index (χ1v) is 10.8. The van der Waals surface area contributed by atoms with Crippen LogP contribution in [0.4, 0.5) is 17.1 Å². The second-order valence-corrected chi connectivity index (χ2v) is 8.32. The lowest BCUT2D eigenvalue weighted by atomic mass is 10.1. The molecule has 1 fully saturated rings. The summed E-state index contributed by atoms with van der Waals surface area (Å²) in [6.07, 6.45) is 0.0342. The first-order chi connectivity index (χ1) is 15.7. The Balaban J connectivity index is 1.40. The van der Waals surface area contributed by atoms with Crippen molar-refractivity contribution in [2.45, 2.75) is 6.17 Å². The SMILES string of the molecule is CN(C)c1ccc(C2N(c3ccc4c(c3)OCO4)CCN2c2ccc3c(c2)OCO3)cc1. The summed E-state index contributed by atoms with van der Waals surface area (Å²) in [5.74, 6) is 3.19. The number of hydrogen-bond acceptors (Lipinski definition) is 7. The van der Waals surface area contributed by atoms with E-state index in [1.165, 1.54) is 11.3 Å². The van der Waals surface area contributed by atoms with Crippen LogP contribution in [0.5, 0.6) is 23.0 Å². The second kappa shape index (κ2) is 7.44. The molecule has 0 amide bonds. The van der Waals surface area contributed by atoms with Crippen LogP contribution in [-0.4, -0.2) is 40.8 Å². The van der Waals surface area contributed by atoms with E-state index < -0.39 is 0 Å². The minimum absolute atomic E-state index is 0.0342. The predicted octanol–water partition coefficient (Wildman–Crippen LogP) is 4.24. The molecule has 6 rings (SSSR count). The molecule has 0 atom stereocenters. The minimum atomic E-state index is 0.0342. The number of benzene rings is 3. The molecule has 0 N–H and O–H groups in total. The van der Waals surface area contributed by atoms with Gasteiger partial charge in [0.2, 0.25) is 13.6 Å². The summed E-state index contributed by atoms with van der Waals surface area (Å²) in [5.41, 5.74) is 4.62. The molecule has 3 heterocycles. The minimum Gasteiger partial charge on any atom is -0.454 e. The van der Waals surface area contributed by atoms with E-state index in [4.69, 9.17) is 18.9 Å². The number of rotatable bonds is 4. The van der Waals surface area contributed by atoms with Crippen molar-refractivity contribution in [3.05, 3.63) is 66.2 Å². The highest BCUT2D eigenvalue weighted by Crippen LogP contribution is 2.44. The van der Waals surface area contributed by atoms with Crippen molar-refractivity contribution < 1.29 is 18.9 Å². The maximum Gasteiger partial charge on any atom is 0.231 e. The Morgan fingerprint density at radius 2 is 1.16 bits per heavy atom. The van der Waals surface area contributed by atoms with Crippen molar-refractivity contribution in [3.8, 4) is 23.0 Å². The van der Waals surface area contributed by atoms with Gasteiger partial charge in [-0.1, -0.05) is 12.1 Å². The zero-order valence-corrected chi connectivity index (χ0v) is 18.2. The summed E-state index contributed by atoms with van der Waals surface area (Å²) < 4.78 is 22.3. The summed E-state index contributed by atoms with van der Waals surface area (Å²) in [4.78, 5) is 6.94. The second-order valence-electron chi connectivity index (χ2n) is 8.32. The molecule has 3 aliphatic heterocycles. The standard InChI is InChI=1S/C25H25N3O4/c1-26(2)18-5-3-17(4-6-18)25-27(19-7-9-21-23(13-19)31-15-29-21)11-12-28(25)20-8-10-22-24(14-20)32-16-30-22/h3-10,13-14,25H,11-12,15-16H2,1-2H3. The topological polar surface area (TPSA) is 46.6 Å². The molecule has 1 saturated heterocycles. The first-order valence-electron chi connectivity index (χ1n) is 10.8. The van der Waals surface area contributed by atoms with E-state index in [0.717, 1.165) is 47.5 Å². The van der Waals surface area contributed by atoms with Gasteiger partial charge in [-0.2, -0.15) is 0 Å². The van der Waals surface area contributed by atoms with Gasteiger partial charge in [-0.05, 0) is 42.0 Å². The molecule has 3 aliphatic rings. The summed E-state index contributed by atoms with van der Waals surface area (Å²) in [7, 11) is 4.12. The van der Waals surface area contributed by atoms with Crippen LogP contribution in [0.1, 0.15) is 11.7 Å². The smallest absolute Gasteiger partial charge is 0.231 e. The Bertz CT molecular complexity index is 1080. The maximum atomic E-state index is 5.65. The highest BCUT2D eigenvalue weighted by atomic mass is 16.7. The third kappa shape index (κ3) is 3.12. The van der Waals surface area contributed by atoms with Crippen LogP contribution in [0.2, 0.25) is 0 Å². The van der Waals surface area contributed by atoms with Crippen molar-refractivity contribution in [1.29, 1.82) is 0 Å². The molecule has 0 saturated carbocycles. The Labute approximate surface area is 187 Å². The van der Waals surface area contributed by atoms with Crippen molar-refractivity contribution >= 4 is 17.1 Å². The molecule has 0 aromatic heterocycles. The average Bonchev–Trinajstić information content (AvgIpc) is 3.57. The zero-order valence-electron chi connectivity index (χ0n) is 18.2. The highest BCUT2D eigenvalue weighted by Gasteiger charge is 2.35. The zero-order chi connectivity index (χ0) is 21.7. The van der Waals surface area contributed by atoms with E-state index in [1.807, 2.05) is 12.1 Å². The highest BCUT2D eigenvalue weighted by molar-refractivity contribution is 5.65. The normalized spacial score (nSPS) is 16.7. The fraction of sp³-hybridized carbons (Fsp3) is 0.280. The van der Waals surface area contributed by atoms with Crippen LogP contribution in [-0.2, 0) is 0 Å². The molecule has 7 heteroatoms. The quantitative estimate of drug-likeness (QED) is 0.612. The monoisotopic (exact) mass is 431 g/mol. The summed E-state index contributed by atoms with van der Waals surface area (Å²) in [5, 5.41) is 0. The fourth-order valence-electron chi connectivity index (χ4n) is 4.60. The summed E-state index contributed by atoms with van der Waals surface area (Å²) in [6, 6.07) is 21.1. The van der Waals surface area contributed by atoms with Gasteiger partial charge in [-0.3, -0.25) is 0 Å². The molecule has 0 bridgehead atoms. The van der Waals surface area contributed by atoms with E-state index in [-0.39, 0.29) is 19.8 Å². The molecule has 164 valence electrons. The molecule has 3 aromatic carbocycles. The summed E-state index contributed by atoms with van der Waals surface area (Å²) >= 11 is 0. The Hall–Kier alpha value is -3.74. The van der Waals surface area contributed by atoms with Gasteiger partial charge < -0.3 is 33.6 Å². The summed E-state index contributed by atoms with van der Waals surface area (Å²) in [6.45, 7) is 2.32. The van der Waals surface area contributed by atoms with Gasteiger partial charge in [0.1, 0.15) is 6.17 Å². The van der Waals surface area contributed by atoms with Crippen LogP contribution in [0.3, 0.4) is 0 Å². The number of ether oxygens (including phenoxy) is 4. The third-order valence-corrected chi connectivity index (χ3v) is 6.26. The van der Waals surface area contributed by atoms with Crippen LogP contribution >= 0.6 is 0 Å². The van der Waals surface area contributed by atoms with Gasteiger partial charge in [0.15, 0.2) is 23.0 Å². The Kier molecular flexibility index (Phi) is 4.41. The molecule has 0 radical (unpaired) electrons. The van der Waals surface area contributed by atoms with E-state index >= 15 is 0 Å². The molecule has 0 spiro atoms. The fourth-order valence-corrected chi connectivity index (χ4v) is 4.60. The number of hydrogen-bond donors (Lipinski definition) is 0. The largest absolute Gasteiger partial charge is 0.454 e. The van der Waals surface area contributed by atoms with Crippen LogP contribution in [0.15, 0.2) is 60.7 Å². The lowest BCUT2D eigenvalue weighted by molar-refractivity contribution is 0.173. The molecule has 32 heavy (non-hydrogen) atoms. The van der Waals surface area contributed by atoms with Gasteiger partial charge in [0.25, 0.3) is 0 Å². The van der Waals surface area contributed by atoms with Crippen molar-refractivity contribution in [2.75, 3.05) is 55.5 Å². The number of anilines is 3. The number of fused-ring (bicyclic) bond motifs is 2. The molecule has 7 nitrogen and oxygen atoms in total. The van der Waals surface area contributed by atoms with Gasteiger partial charge in [0.05, 0.1) is 0 Å². The van der Waals surface area contributed by atoms with Crippen molar-refractivity contribution in [2.24, 2.45) is 0 Å². The van der Waals surface area contributed by atoms with Crippen molar-refractivity contribution in [1.82, 2.24) is 0 Å². The maximum absolute atomic E-state index is 5.65. The molecular weight excluding hydrogens is 406 g/mol. The van der Waals surface area contributed by atoms with E-state index in [0.29, 0.717) is 0 Å². The van der Waals surface area contributed by atoms with Gasteiger partial charge in [-0.25, -0.2) is 0 Å². The van der Waals surface area contributed by atoms with Crippen molar-refractivity contribution in [3.63, 3.8) is 0 Å². The van der Waals surface area contributed by atoms with E-state index in [2.05, 4.69) is 77.3 Å². The van der Waals surface area contributed by atoms with E-state index in [1.54, 1.807) is 0 Å². The third-order valence-electron chi connectivity index (χ3n) is 6.26. The first kappa shape index (κ1) is 19.0. The molecule has 0 unspecified atom stereocenters. The Morgan fingerprint density at radius 1 is 0.656 bits per heavy atom. The van der Waals surface area contributed by atoms with E-state index in [9.17, 15) is 0 Å². The van der Waals surface area contributed by atoms with Crippen LogP contribution < -0.4 is 33.6 Å². The number of nitrogens with zero attached hydrogens (tertiary/aromatic N) is 3. The van der Waals surface area contributed by atoms with Gasteiger partial charge in [-0.15, -0.1) is 0 Å². The molecule has 0 aliphatic carbocycles. The average molecular weight is 431 g/mol. The predicted molar refractivity (Wildman–Crippen MR) is 123 cm³/mol. The molecular formula is C25H25N3O4.